The molecule has 1 aromatic carbocycles. The van der Waals surface area contributed by atoms with Gasteiger partial charge in [0.15, 0.2) is 5.69 Å². The summed E-state index contributed by atoms with van der Waals surface area (Å²) in [6.45, 7) is 1.93. The molecule has 0 unspecified atom stereocenters. The maximum absolute atomic E-state index is 12.1. The molecule has 6 heteroatoms. The van der Waals surface area contributed by atoms with Gasteiger partial charge in [-0.05, 0) is 24.6 Å². The number of amides is 1. The van der Waals surface area contributed by atoms with Gasteiger partial charge in [0.05, 0.1) is 18.5 Å². The predicted molar refractivity (Wildman–Crippen MR) is 73.3 cm³/mol. The van der Waals surface area contributed by atoms with Crippen LogP contribution in [0, 0.1) is 6.92 Å². The molecule has 0 saturated carbocycles. The summed E-state index contributed by atoms with van der Waals surface area (Å²) >= 11 is 0. The molecular weight excluding hydrogens is 244 g/mol. The first kappa shape index (κ1) is 12.9. The first-order valence-electron chi connectivity index (χ1n) is 5.76. The number of rotatable bonds is 3. The Morgan fingerprint density at radius 1 is 1.47 bits per heavy atom. The molecule has 1 amide bonds. The second-order valence-corrected chi connectivity index (χ2v) is 4.26. The van der Waals surface area contributed by atoms with Crippen LogP contribution in [0.1, 0.15) is 16.1 Å². The van der Waals surface area contributed by atoms with Crippen molar-refractivity contribution in [2.24, 2.45) is 7.05 Å². The summed E-state index contributed by atoms with van der Waals surface area (Å²) in [7, 11) is 3.26. The number of methoxy groups -OCH3 is 1. The summed E-state index contributed by atoms with van der Waals surface area (Å²) in [6.07, 6.45) is 1.59. The first-order chi connectivity index (χ1) is 9.01. The first-order valence-corrected chi connectivity index (χ1v) is 5.76. The highest BCUT2D eigenvalue weighted by Gasteiger charge is 2.16. The zero-order valence-corrected chi connectivity index (χ0v) is 11.1. The van der Waals surface area contributed by atoms with Crippen LogP contribution in [-0.4, -0.2) is 22.8 Å². The van der Waals surface area contributed by atoms with Crippen molar-refractivity contribution in [2.45, 2.75) is 6.92 Å². The number of hydrogen-bond acceptors (Lipinski definition) is 4. The van der Waals surface area contributed by atoms with Crippen molar-refractivity contribution in [2.75, 3.05) is 18.2 Å². The lowest BCUT2D eigenvalue weighted by molar-refractivity contribution is 0.102. The number of nitrogen functional groups attached to an aromatic ring is 1. The number of nitrogens with one attached hydrogen (secondary N) is 1. The number of aryl methyl sites for hydroxylation is 2. The number of benzene rings is 1. The number of anilines is 2. The summed E-state index contributed by atoms with van der Waals surface area (Å²) < 4.78 is 6.70. The number of ether oxygens (including phenoxy) is 1. The summed E-state index contributed by atoms with van der Waals surface area (Å²) in [5.74, 6) is 0.232. The third kappa shape index (κ3) is 2.67. The van der Waals surface area contributed by atoms with Gasteiger partial charge in [0, 0.05) is 13.2 Å². The van der Waals surface area contributed by atoms with Gasteiger partial charge in [-0.2, -0.15) is 5.10 Å². The van der Waals surface area contributed by atoms with Crippen LogP contribution >= 0.6 is 0 Å². The molecule has 0 bridgehead atoms. The Hall–Kier alpha value is -2.50. The third-order valence-electron chi connectivity index (χ3n) is 2.68. The van der Waals surface area contributed by atoms with Gasteiger partial charge in [-0.15, -0.1) is 0 Å². The average molecular weight is 260 g/mol. The maximum Gasteiger partial charge on any atom is 0.278 e. The molecule has 2 aromatic rings. The fourth-order valence-electron chi connectivity index (χ4n) is 1.78. The minimum Gasteiger partial charge on any atom is -0.495 e. The molecule has 0 atom stereocenters. The van der Waals surface area contributed by atoms with E-state index in [0.29, 0.717) is 17.1 Å². The van der Waals surface area contributed by atoms with E-state index in [1.54, 1.807) is 26.4 Å². The number of hydrogen-bond donors (Lipinski definition) is 2. The molecule has 1 aromatic heterocycles. The Morgan fingerprint density at radius 3 is 2.79 bits per heavy atom. The Kier molecular flexibility index (Phi) is 3.41. The summed E-state index contributed by atoms with van der Waals surface area (Å²) in [5.41, 5.74) is 7.87. The van der Waals surface area contributed by atoms with E-state index in [1.807, 2.05) is 19.1 Å². The van der Waals surface area contributed by atoms with Gasteiger partial charge in [0.1, 0.15) is 5.75 Å². The van der Waals surface area contributed by atoms with Crippen LogP contribution < -0.4 is 15.8 Å². The number of carbonyl (C=O) groups excluding carboxylic acids is 1. The van der Waals surface area contributed by atoms with E-state index in [2.05, 4.69) is 10.4 Å². The van der Waals surface area contributed by atoms with E-state index in [9.17, 15) is 4.79 Å². The van der Waals surface area contributed by atoms with Crippen LogP contribution in [0.5, 0.6) is 5.75 Å². The highest BCUT2D eigenvalue weighted by atomic mass is 16.5. The topological polar surface area (TPSA) is 82.2 Å². The lowest BCUT2D eigenvalue weighted by Gasteiger charge is -2.10. The van der Waals surface area contributed by atoms with Crippen LogP contribution in [0.3, 0.4) is 0 Å². The smallest absolute Gasteiger partial charge is 0.278 e. The van der Waals surface area contributed by atoms with Gasteiger partial charge in [-0.3, -0.25) is 9.48 Å². The standard InChI is InChI=1S/C13H16N4O2/c1-8-4-5-11(19-3)10(6-8)15-13(18)12-9(14)7-17(2)16-12/h4-7H,14H2,1-3H3,(H,15,18). The van der Waals surface area contributed by atoms with Crippen molar-refractivity contribution in [1.29, 1.82) is 0 Å². The lowest BCUT2D eigenvalue weighted by Crippen LogP contribution is -2.15. The van der Waals surface area contributed by atoms with Crippen LogP contribution in [0.25, 0.3) is 0 Å². The van der Waals surface area contributed by atoms with Gasteiger partial charge in [0.25, 0.3) is 5.91 Å². The van der Waals surface area contributed by atoms with Crippen molar-refractivity contribution in [3.8, 4) is 5.75 Å². The van der Waals surface area contributed by atoms with Gasteiger partial charge >= 0.3 is 0 Å². The largest absolute Gasteiger partial charge is 0.495 e. The second kappa shape index (κ2) is 5.01. The zero-order chi connectivity index (χ0) is 14.0. The van der Waals surface area contributed by atoms with Gasteiger partial charge in [-0.1, -0.05) is 6.07 Å². The molecular formula is C13H16N4O2. The lowest BCUT2D eigenvalue weighted by atomic mass is 10.2. The Bertz CT molecular complexity index is 619. The van der Waals surface area contributed by atoms with Crippen molar-refractivity contribution in [3.05, 3.63) is 35.7 Å². The molecule has 100 valence electrons. The molecule has 0 aliphatic rings. The minimum atomic E-state index is -0.359. The Balaban J connectivity index is 2.28. The number of nitrogens with two attached hydrogens (primary N) is 1. The number of aromatic nitrogens is 2. The van der Waals surface area contributed by atoms with Gasteiger partial charge in [-0.25, -0.2) is 0 Å². The second-order valence-electron chi connectivity index (χ2n) is 4.26. The Morgan fingerprint density at radius 2 is 2.21 bits per heavy atom. The molecule has 0 spiro atoms. The molecule has 2 rings (SSSR count). The van der Waals surface area contributed by atoms with E-state index in [1.165, 1.54) is 4.68 Å². The fourth-order valence-corrected chi connectivity index (χ4v) is 1.78. The predicted octanol–water partition coefficient (Wildman–Crippen LogP) is 1.57. The van der Waals surface area contributed by atoms with Crippen LogP contribution in [0.2, 0.25) is 0 Å². The monoisotopic (exact) mass is 260 g/mol. The van der Waals surface area contributed by atoms with E-state index in [0.717, 1.165) is 5.56 Å². The van der Waals surface area contributed by atoms with Gasteiger partial charge < -0.3 is 15.8 Å². The maximum atomic E-state index is 12.1. The summed E-state index contributed by atoms with van der Waals surface area (Å²) in [6, 6.07) is 5.53. The molecule has 6 nitrogen and oxygen atoms in total. The van der Waals surface area contributed by atoms with E-state index in [4.69, 9.17) is 10.5 Å². The normalized spacial score (nSPS) is 10.3. The molecule has 19 heavy (non-hydrogen) atoms. The highest BCUT2D eigenvalue weighted by Crippen LogP contribution is 2.26. The Labute approximate surface area is 111 Å². The highest BCUT2D eigenvalue weighted by molar-refractivity contribution is 6.06. The molecule has 0 saturated heterocycles. The molecule has 0 radical (unpaired) electrons. The third-order valence-corrected chi connectivity index (χ3v) is 2.68. The van der Waals surface area contributed by atoms with Crippen LogP contribution in [0.15, 0.2) is 24.4 Å². The molecule has 0 aliphatic carbocycles. The molecule has 0 aliphatic heterocycles. The average Bonchev–Trinajstić information content (AvgIpc) is 2.69. The fraction of sp³-hybridized carbons (Fsp3) is 0.231. The zero-order valence-electron chi connectivity index (χ0n) is 11.1. The van der Waals surface area contributed by atoms with Crippen molar-refractivity contribution < 1.29 is 9.53 Å². The van der Waals surface area contributed by atoms with Crippen molar-refractivity contribution >= 4 is 17.3 Å². The van der Waals surface area contributed by atoms with Crippen molar-refractivity contribution in [3.63, 3.8) is 0 Å². The summed E-state index contributed by atoms with van der Waals surface area (Å²) in [5, 5.41) is 6.78. The molecule has 3 N–H and O–H groups in total. The van der Waals surface area contributed by atoms with Crippen molar-refractivity contribution in [1.82, 2.24) is 9.78 Å². The minimum absolute atomic E-state index is 0.200. The van der Waals surface area contributed by atoms with Crippen LogP contribution in [-0.2, 0) is 7.05 Å². The summed E-state index contributed by atoms with van der Waals surface area (Å²) in [4.78, 5) is 12.1. The SMILES string of the molecule is COc1ccc(C)cc1NC(=O)c1nn(C)cc1N. The quantitative estimate of drug-likeness (QED) is 0.877. The van der Waals surface area contributed by atoms with E-state index < -0.39 is 0 Å². The van der Waals surface area contributed by atoms with E-state index in [-0.39, 0.29) is 11.6 Å². The molecule has 0 fully saturated rings. The van der Waals surface area contributed by atoms with Gasteiger partial charge in [0.2, 0.25) is 0 Å². The number of nitrogens with zero attached hydrogens (tertiary/aromatic N) is 2. The van der Waals surface area contributed by atoms with E-state index >= 15 is 0 Å². The number of carbonyl (C=O) groups is 1. The van der Waals surface area contributed by atoms with Crippen LogP contribution in [0.4, 0.5) is 11.4 Å². The molecule has 1 heterocycles.